The van der Waals surface area contributed by atoms with Gasteiger partial charge in [-0.05, 0) is 11.2 Å². The Bertz CT molecular complexity index is 358. The smallest absolute Gasteiger partial charge is 0.335 e. The monoisotopic (exact) mass is 201 g/mol. The van der Waals surface area contributed by atoms with Crippen molar-refractivity contribution in [3.8, 4) is 11.3 Å². The molecule has 0 bridgehead atoms. The number of hydrogen-bond acceptors (Lipinski definition) is 2. The molecular formula is C9H5ClLiNS. The van der Waals surface area contributed by atoms with Crippen molar-refractivity contribution < 1.29 is 18.9 Å². The van der Waals surface area contributed by atoms with Gasteiger partial charge in [-0.2, -0.15) is 0 Å². The SMILES string of the molecule is Clc1ccc(-c2[c-]scn2)cc1.[Li+]. The van der Waals surface area contributed by atoms with E-state index in [0.717, 1.165) is 16.3 Å². The zero-order chi connectivity index (χ0) is 8.39. The summed E-state index contributed by atoms with van der Waals surface area (Å²) in [4.78, 5) is 4.14. The van der Waals surface area contributed by atoms with Gasteiger partial charge in [-0.25, -0.2) is 0 Å². The Labute approximate surface area is 97.9 Å². The summed E-state index contributed by atoms with van der Waals surface area (Å²) in [6, 6.07) is 7.58. The summed E-state index contributed by atoms with van der Waals surface area (Å²) in [6.45, 7) is 0. The minimum atomic E-state index is 0. The van der Waals surface area contributed by atoms with Crippen LogP contribution in [0.2, 0.25) is 5.02 Å². The number of rotatable bonds is 1. The molecule has 1 heterocycles. The van der Waals surface area contributed by atoms with Crippen LogP contribution >= 0.6 is 22.9 Å². The standard InChI is InChI=1S/C9H5ClNS.Li/c10-8-3-1-7(2-4-8)9-5-12-6-11-9;/h1-4,6H;/q-1;+1. The molecule has 0 unspecified atom stereocenters. The molecule has 0 saturated carbocycles. The van der Waals surface area contributed by atoms with Crippen molar-refractivity contribution >= 4 is 22.9 Å². The van der Waals surface area contributed by atoms with Crippen molar-refractivity contribution in [1.82, 2.24) is 4.98 Å². The van der Waals surface area contributed by atoms with Crippen LogP contribution in [0.1, 0.15) is 0 Å². The van der Waals surface area contributed by atoms with Crippen molar-refractivity contribution in [2.45, 2.75) is 0 Å². The molecule has 0 spiro atoms. The Balaban J connectivity index is 0.000000845. The van der Waals surface area contributed by atoms with E-state index >= 15 is 0 Å². The molecule has 2 rings (SSSR count). The Morgan fingerprint density at radius 2 is 1.92 bits per heavy atom. The first-order valence-electron chi connectivity index (χ1n) is 3.43. The van der Waals surface area contributed by atoms with Crippen LogP contribution in [-0.4, -0.2) is 4.98 Å². The molecule has 0 aliphatic heterocycles. The van der Waals surface area contributed by atoms with Crippen molar-refractivity contribution in [2.24, 2.45) is 0 Å². The summed E-state index contributed by atoms with van der Waals surface area (Å²) in [6.07, 6.45) is 0. The van der Waals surface area contributed by atoms with E-state index in [2.05, 4.69) is 10.4 Å². The second-order valence-electron chi connectivity index (χ2n) is 2.31. The second kappa shape index (κ2) is 4.83. The first-order chi connectivity index (χ1) is 5.86. The van der Waals surface area contributed by atoms with E-state index < -0.39 is 0 Å². The summed E-state index contributed by atoms with van der Waals surface area (Å²) < 4.78 is 0. The van der Waals surface area contributed by atoms with E-state index in [1.165, 1.54) is 11.3 Å². The zero-order valence-electron chi connectivity index (χ0n) is 7.12. The van der Waals surface area contributed by atoms with Gasteiger partial charge in [-0.1, -0.05) is 34.7 Å². The van der Waals surface area contributed by atoms with Gasteiger partial charge in [0.2, 0.25) is 0 Å². The van der Waals surface area contributed by atoms with Gasteiger partial charge >= 0.3 is 18.9 Å². The molecule has 1 aromatic heterocycles. The zero-order valence-corrected chi connectivity index (χ0v) is 8.69. The van der Waals surface area contributed by atoms with Crippen molar-refractivity contribution in [3.63, 3.8) is 0 Å². The Hall–Kier alpha value is -0.263. The van der Waals surface area contributed by atoms with Gasteiger partial charge in [0, 0.05) is 5.02 Å². The van der Waals surface area contributed by atoms with Crippen molar-refractivity contribution in [3.05, 3.63) is 40.2 Å². The normalized spacial score (nSPS) is 9.31. The molecule has 60 valence electrons. The number of aromatic nitrogens is 1. The largest absolute Gasteiger partial charge is 1.00 e. The molecule has 0 atom stereocenters. The quantitative estimate of drug-likeness (QED) is 0.477. The van der Waals surface area contributed by atoms with Crippen molar-refractivity contribution in [2.75, 3.05) is 0 Å². The van der Waals surface area contributed by atoms with Crippen LogP contribution in [0, 0.1) is 5.38 Å². The topological polar surface area (TPSA) is 12.9 Å². The second-order valence-corrected chi connectivity index (χ2v) is 3.40. The molecule has 0 aliphatic carbocycles. The molecule has 4 heteroatoms. The van der Waals surface area contributed by atoms with Gasteiger partial charge < -0.3 is 4.98 Å². The molecule has 0 saturated heterocycles. The molecule has 0 aliphatic rings. The van der Waals surface area contributed by atoms with Gasteiger partial charge in [0.25, 0.3) is 0 Å². The fourth-order valence-corrected chi connectivity index (χ4v) is 1.55. The van der Waals surface area contributed by atoms with Crippen LogP contribution in [0.25, 0.3) is 11.3 Å². The molecule has 0 radical (unpaired) electrons. The molecule has 0 fully saturated rings. The number of hydrogen-bond donors (Lipinski definition) is 0. The molecule has 1 nitrogen and oxygen atoms in total. The van der Waals surface area contributed by atoms with Gasteiger partial charge in [-0.3, -0.25) is 11.3 Å². The van der Waals surface area contributed by atoms with Crippen LogP contribution in [0.15, 0.2) is 29.8 Å². The Kier molecular flexibility index (Phi) is 4.02. The van der Waals surface area contributed by atoms with Gasteiger partial charge in [0.1, 0.15) is 0 Å². The third-order valence-electron chi connectivity index (χ3n) is 1.51. The van der Waals surface area contributed by atoms with Gasteiger partial charge in [-0.15, -0.1) is 12.1 Å². The summed E-state index contributed by atoms with van der Waals surface area (Å²) in [5.74, 6) is 0. The fraction of sp³-hybridized carbons (Fsp3) is 0. The number of thiazole rings is 1. The predicted octanol–water partition coefficient (Wildman–Crippen LogP) is 0.268. The predicted molar refractivity (Wildman–Crippen MR) is 51.4 cm³/mol. The van der Waals surface area contributed by atoms with E-state index in [1.54, 1.807) is 5.51 Å². The van der Waals surface area contributed by atoms with E-state index in [-0.39, 0.29) is 18.9 Å². The van der Waals surface area contributed by atoms with Crippen LogP contribution in [-0.2, 0) is 0 Å². The minimum absolute atomic E-state index is 0. The van der Waals surface area contributed by atoms with Crippen LogP contribution in [0.4, 0.5) is 0 Å². The maximum atomic E-state index is 5.75. The molecule has 0 amide bonds. The summed E-state index contributed by atoms with van der Waals surface area (Å²) in [7, 11) is 0. The third kappa shape index (κ3) is 2.59. The summed E-state index contributed by atoms with van der Waals surface area (Å²) >= 11 is 7.21. The average Bonchev–Trinajstić information content (AvgIpc) is 2.58. The van der Waals surface area contributed by atoms with E-state index in [9.17, 15) is 0 Å². The number of nitrogens with zero attached hydrogens (tertiary/aromatic N) is 1. The minimum Gasteiger partial charge on any atom is -0.335 e. The van der Waals surface area contributed by atoms with E-state index in [1.807, 2.05) is 24.3 Å². The fourth-order valence-electron chi connectivity index (χ4n) is 0.929. The first kappa shape index (κ1) is 10.8. The van der Waals surface area contributed by atoms with Gasteiger partial charge in [0.15, 0.2) is 0 Å². The molecule has 2 aromatic rings. The molecule has 1 aromatic carbocycles. The third-order valence-corrected chi connectivity index (χ3v) is 2.28. The molecule has 0 N–H and O–H groups in total. The summed E-state index contributed by atoms with van der Waals surface area (Å²) in [5, 5.41) is 3.80. The van der Waals surface area contributed by atoms with E-state index in [0.29, 0.717) is 0 Å². The Morgan fingerprint density at radius 1 is 1.23 bits per heavy atom. The van der Waals surface area contributed by atoms with Crippen LogP contribution in [0.3, 0.4) is 0 Å². The van der Waals surface area contributed by atoms with Gasteiger partial charge in [0.05, 0.1) is 0 Å². The Morgan fingerprint density at radius 3 is 2.46 bits per heavy atom. The first-order valence-corrected chi connectivity index (χ1v) is 4.69. The number of halogens is 1. The molecular weight excluding hydrogens is 197 g/mol. The van der Waals surface area contributed by atoms with Crippen molar-refractivity contribution in [1.29, 1.82) is 0 Å². The molecule has 13 heavy (non-hydrogen) atoms. The maximum Gasteiger partial charge on any atom is 1.00 e. The van der Waals surface area contributed by atoms with Crippen LogP contribution in [0.5, 0.6) is 0 Å². The number of benzene rings is 1. The summed E-state index contributed by atoms with van der Waals surface area (Å²) in [5.41, 5.74) is 3.71. The van der Waals surface area contributed by atoms with Crippen LogP contribution < -0.4 is 18.9 Å². The average molecular weight is 202 g/mol. The maximum absolute atomic E-state index is 5.75. The van der Waals surface area contributed by atoms with E-state index in [4.69, 9.17) is 11.6 Å².